The molecule has 0 unspecified atom stereocenters. The van der Waals surface area contributed by atoms with Crippen LogP contribution in [-0.4, -0.2) is 10.9 Å². The third-order valence-electron chi connectivity index (χ3n) is 2.82. The number of halogens is 2. The van der Waals surface area contributed by atoms with Gasteiger partial charge in [-0.3, -0.25) is 4.79 Å². The number of aryl methyl sites for hydroxylation is 1. The van der Waals surface area contributed by atoms with Crippen LogP contribution in [0.2, 0.25) is 5.02 Å². The van der Waals surface area contributed by atoms with Crippen LogP contribution in [0, 0.1) is 12.7 Å². The Hall–Kier alpha value is -2.14. The quantitative estimate of drug-likeness (QED) is 0.914. The van der Waals surface area contributed by atoms with E-state index in [0.717, 1.165) is 5.56 Å². The molecule has 0 saturated heterocycles. The van der Waals surface area contributed by atoms with Crippen LogP contribution in [0.15, 0.2) is 30.5 Å². The largest absolute Gasteiger partial charge is 0.397 e. The molecule has 0 aliphatic rings. The number of nitrogens with two attached hydrogens (primary N) is 1. The Morgan fingerprint density at radius 2 is 2.25 bits per heavy atom. The van der Waals surface area contributed by atoms with E-state index >= 15 is 0 Å². The van der Waals surface area contributed by atoms with Crippen molar-refractivity contribution < 1.29 is 9.18 Å². The molecule has 0 bridgehead atoms. The Bertz CT molecular complexity index is 641. The van der Waals surface area contributed by atoms with Gasteiger partial charge in [0.1, 0.15) is 11.6 Å². The molecular formula is C14H13ClFN3O. The first-order chi connectivity index (χ1) is 9.47. The van der Waals surface area contributed by atoms with Crippen LogP contribution in [0.1, 0.15) is 11.1 Å². The summed E-state index contributed by atoms with van der Waals surface area (Å²) in [6, 6.07) is 5.94. The van der Waals surface area contributed by atoms with Gasteiger partial charge in [0.25, 0.3) is 0 Å². The first-order valence-electron chi connectivity index (χ1n) is 5.92. The molecule has 0 fully saturated rings. The van der Waals surface area contributed by atoms with E-state index in [-0.39, 0.29) is 17.0 Å². The average Bonchev–Trinajstić information content (AvgIpc) is 2.38. The summed E-state index contributed by atoms with van der Waals surface area (Å²) >= 11 is 5.87. The third kappa shape index (κ3) is 3.24. The fourth-order valence-corrected chi connectivity index (χ4v) is 1.91. The monoisotopic (exact) mass is 293 g/mol. The van der Waals surface area contributed by atoms with E-state index < -0.39 is 11.7 Å². The van der Waals surface area contributed by atoms with Crippen LogP contribution >= 0.6 is 11.6 Å². The molecule has 1 amide bonds. The molecule has 2 aromatic rings. The maximum Gasteiger partial charge on any atom is 0.230 e. The van der Waals surface area contributed by atoms with Crippen molar-refractivity contribution in [3.8, 4) is 0 Å². The van der Waals surface area contributed by atoms with Crippen molar-refractivity contribution in [1.29, 1.82) is 0 Å². The van der Waals surface area contributed by atoms with E-state index in [2.05, 4.69) is 10.3 Å². The normalized spacial score (nSPS) is 10.3. The molecule has 3 N–H and O–H groups in total. The summed E-state index contributed by atoms with van der Waals surface area (Å²) in [4.78, 5) is 15.9. The summed E-state index contributed by atoms with van der Waals surface area (Å²) in [6.45, 7) is 1.81. The van der Waals surface area contributed by atoms with Crippen molar-refractivity contribution in [3.63, 3.8) is 0 Å². The maximum absolute atomic E-state index is 13.6. The van der Waals surface area contributed by atoms with Crippen LogP contribution in [0.5, 0.6) is 0 Å². The number of pyridine rings is 1. The van der Waals surface area contributed by atoms with Crippen molar-refractivity contribution in [3.05, 3.63) is 52.4 Å². The van der Waals surface area contributed by atoms with Crippen molar-refractivity contribution in [2.45, 2.75) is 13.3 Å². The minimum atomic E-state index is -0.505. The van der Waals surface area contributed by atoms with E-state index in [1.165, 1.54) is 18.3 Å². The number of carbonyl (C=O) groups excluding carboxylic acids is 1. The SMILES string of the molecule is Cc1cc(NC(=O)Cc2c(F)cccc2Cl)ncc1N. The number of amides is 1. The number of anilines is 2. The van der Waals surface area contributed by atoms with Crippen molar-refractivity contribution in [2.75, 3.05) is 11.1 Å². The first-order valence-corrected chi connectivity index (χ1v) is 6.30. The summed E-state index contributed by atoms with van der Waals surface area (Å²) in [5.41, 5.74) is 7.15. The first kappa shape index (κ1) is 14.3. The van der Waals surface area contributed by atoms with E-state index in [4.69, 9.17) is 17.3 Å². The highest BCUT2D eigenvalue weighted by Crippen LogP contribution is 2.20. The van der Waals surface area contributed by atoms with Crippen LogP contribution in [0.25, 0.3) is 0 Å². The molecule has 20 heavy (non-hydrogen) atoms. The van der Waals surface area contributed by atoms with Gasteiger partial charge in [0.05, 0.1) is 18.3 Å². The van der Waals surface area contributed by atoms with Crippen LogP contribution in [-0.2, 0) is 11.2 Å². The summed E-state index contributed by atoms with van der Waals surface area (Å²) in [5.74, 6) is -0.531. The molecule has 0 spiro atoms. The number of hydrogen-bond acceptors (Lipinski definition) is 3. The van der Waals surface area contributed by atoms with Gasteiger partial charge < -0.3 is 11.1 Å². The molecule has 2 rings (SSSR count). The predicted molar refractivity (Wildman–Crippen MR) is 77.1 cm³/mol. The Morgan fingerprint density at radius 1 is 1.50 bits per heavy atom. The van der Waals surface area contributed by atoms with E-state index in [1.54, 1.807) is 19.1 Å². The number of aromatic nitrogens is 1. The standard InChI is InChI=1S/C14H13ClFN3O/c1-8-5-13(18-7-12(8)17)19-14(20)6-9-10(15)3-2-4-11(9)16/h2-5,7H,6,17H2,1H3,(H,18,19,20). The molecule has 0 radical (unpaired) electrons. The molecule has 0 aliphatic carbocycles. The number of nitrogens with zero attached hydrogens (tertiary/aromatic N) is 1. The lowest BCUT2D eigenvalue weighted by molar-refractivity contribution is -0.115. The van der Waals surface area contributed by atoms with Gasteiger partial charge in [0, 0.05) is 10.6 Å². The lowest BCUT2D eigenvalue weighted by Gasteiger charge is -2.08. The molecular weight excluding hydrogens is 281 g/mol. The van der Waals surface area contributed by atoms with Gasteiger partial charge >= 0.3 is 0 Å². The van der Waals surface area contributed by atoms with Crippen LogP contribution in [0.4, 0.5) is 15.9 Å². The summed E-state index contributed by atoms with van der Waals surface area (Å²) in [7, 11) is 0. The summed E-state index contributed by atoms with van der Waals surface area (Å²) < 4.78 is 13.6. The van der Waals surface area contributed by atoms with E-state index in [0.29, 0.717) is 11.5 Å². The van der Waals surface area contributed by atoms with Crippen molar-refractivity contribution in [1.82, 2.24) is 4.98 Å². The molecule has 104 valence electrons. The molecule has 0 atom stereocenters. The fraction of sp³-hybridized carbons (Fsp3) is 0.143. The van der Waals surface area contributed by atoms with Gasteiger partial charge in [0.15, 0.2) is 0 Å². The molecule has 1 aromatic carbocycles. The maximum atomic E-state index is 13.6. The minimum absolute atomic E-state index is 0.156. The molecule has 1 heterocycles. The number of rotatable bonds is 3. The number of carbonyl (C=O) groups is 1. The topological polar surface area (TPSA) is 68.0 Å². The fourth-order valence-electron chi connectivity index (χ4n) is 1.68. The highest BCUT2D eigenvalue weighted by molar-refractivity contribution is 6.31. The Morgan fingerprint density at radius 3 is 2.90 bits per heavy atom. The highest BCUT2D eigenvalue weighted by atomic mass is 35.5. The van der Waals surface area contributed by atoms with E-state index in [1.807, 2.05) is 0 Å². The van der Waals surface area contributed by atoms with Gasteiger partial charge in [-0.2, -0.15) is 0 Å². The summed E-state index contributed by atoms with van der Waals surface area (Å²) in [6.07, 6.45) is 1.30. The van der Waals surface area contributed by atoms with Gasteiger partial charge in [0.2, 0.25) is 5.91 Å². The zero-order valence-corrected chi connectivity index (χ0v) is 11.5. The second-order valence-electron chi connectivity index (χ2n) is 4.35. The second kappa shape index (κ2) is 5.88. The van der Waals surface area contributed by atoms with Crippen molar-refractivity contribution >= 4 is 29.0 Å². The smallest absolute Gasteiger partial charge is 0.230 e. The Balaban J connectivity index is 2.11. The lowest BCUT2D eigenvalue weighted by atomic mass is 10.1. The van der Waals surface area contributed by atoms with Crippen molar-refractivity contribution in [2.24, 2.45) is 0 Å². The Labute approximate surface area is 120 Å². The van der Waals surface area contributed by atoms with Crippen LogP contribution < -0.4 is 11.1 Å². The van der Waals surface area contributed by atoms with Gasteiger partial charge in [-0.1, -0.05) is 17.7 Å². The number of nitrogen functional groups attached to an aromatic ring is 1. The predicted octanol–water partition coefficient (Wildman–Crippen LogP) is 2.95. The average molecular weight is 294 g/mol. The zero-order chi connectivity index (χ0) is 14.7. The zero-order valence-electron chi connectivity index (χ0n) is 10.8. The molecule has 6 heteroatoms. The number of hydrogen-bond donors (Lipinski definition) is 2. The van der Waals surface area contributed by atoms with Gasteiger partial charge in [-0.15, -0.1) is 0 Å². The van der Waals surface area contributed by atoms with Crippen LogP contribution in [0.3, 0.4) is 0 Å². The molecule has 0 aliphatic heterocycles. The molecule has 0 saturated carbocycles. The van der Waals surface area contributed by atoms with Gasteiger partial charge in [-0.25, -0.2) is 9.37 Å². The lowest BCUT2D eigenvalue weighted by Crippen LogP contribution is -2.16. The minimum Gasteiger partial charge on any atom is -0.397 e. The molecule has 4 nitrogen and oxygen atoms in total. The van der Waals surface area contributed by atoms with Gasteiger partial charge in [-0.05, 0) is 30.7 Å². The number of benzene rings is 1. The third-order valence-corrected chi connectivity index (χ3v) is 3.17. The number of nitrogens with one attached hydrogen (secondary N) is 1. The second-order valence-corrected chi connectivity index (χ2v) is 4.76. The highest BCUT2D eigenvalue weighted by Gasteiger charge is 2.12. The van der Waals surface area contributed by atoms with E-state index in [9.17, 15) is 9.18 Å². The summed E-state index contributed by atoms with van der Waals surface area (Å²) in [5, 5.41) is 2.81. The Kier molecular flexibility index (Phi) is 4.20. The molecule has 1 aromatic heterocycles.